The fourth-order valence-electron chi connectivity index (χ4n) is 1.91. The standard InChI is InChI=1S/C11H16ClN3O3/c1-3-18-9-8(15-4-6-17-7-5-15)11(16)14(2)13-10(9)12/h3-7H2,1-2H3. The van der Waals surface area contributed by atoms with Crippen molar-refractivity contribution in [3.05, 3.63) is 15.5 Å². The molecule has 0 unspecified atom stereocenters. The van der Waals surface area contributed by atoms with Crippen LogP contribution in [-0.2, 0) is 11.8 Å². The van der Waals surface area contributed by atoms with Gasteiger partial charge in [-0.15, -0.1) is 0 Å². The lowest BCUT2D eigenvalue weighted by molar-refractivity contribution is 0.122. The number of aromatic nitrogens is 2. The second kappa shape index (κ2) is 5.58. The fourth-order valence-corrected chi connectivity index (χ4v) is 2.17. The topological polar surface area (TPSA) is 56.6 Å². The van der Waals surface area contributed by atoms with Crippen molar-refractivity contribution in [3.63, 3.8) is 0 Å². The van der Waals surface area contributed by atoms with Crippen LogP contribution in [0.3, 0.4) is 0 Å². The van der Waals surface area contributed by atoms with E-state index in [2.05, 4.69) is 5.10 Å². The van der Waals surface area contributed by atoms with Crippen LogP contribution in [0.2, 0.25) is 5.15 Å². The lowest BCUT2D eigenvalue weighted by Gasteiger charge is -2.29. The summed E-state index contributed by atoms with van der Waals surface area (Å²) in [5.41, 5.74) is 0.271. The minimum atomic E-state index is -0.204. The van der Waals surface area contributed by atoms with E-state index in [0.717, 1.165) is 0 Å². The lowest BCUT2D eigenvalue weighted by atomic mass is 10.3. The first-order chi connectivity index (χ1) is 8.65. The number of anilines is 1. The number of halogens is 1. The van der Waals surface area contributed by atoms with Gasteiger partial charge in [0.05, 0.1) is 19.8 Å². The molecule has 1 aromatic rings. The summed E-state index contributed by atoms with van der Waals surface area (Å²) < 4.78 is 12.0. The number of morpholine rings is 1. The van der Waals surface area contributed by atoms with Crippen LogP contribution in [-0.4, -0.2) is 42.7 Å². The Morgan fingerprint density at radius 2 is 2.11 bits per heavy atom. The summed E-state index contributed by atoms with van der Waals surface area (Å²) in [5.74, 6) is 0.365. The molecule has 0 N–H and O–H groups in total. The molecule has 0 aromatic carbocycles. The maximum Gasteiger partial charge on any atom is 0.293 e. The first-order valence-corrected chi connectivity index (χ1v) is 6.25. The molecule has 0 radical (unpaired) electrons. The van der Waals surface area contributed by atoms with Crippen LogP contribution in [0, 0.1) is 0 Å². The summed E-state index contributed by atoms with van der Waals surface area (Å²) in [7, 11) is 1.58. The Morgan fingerprint density at radius 1 is 1.44 bits per heavy atom. The summed E-state index contributed by atoms with van der Waals surface area (Å²) in [4.78, 5) is 14.1. The van der Waals surface area contributed by atoms with Crippen LogP contribution in [0.5, 0.6) is 5.75 Å². The predicted octanol–water partition coefficient (Wildman–Crippen LogP) is 0.669. The van der Waals surface area contributed by atoms with Gasteiger partial charge in [-0.2, -0.15) is 5.10 Å². The summed E-state index contributed by atoms with van der Waals surface area (Å²) >= 11 is 6.05. The van der Waals surface area contributed by atoms with E-state index >= 15 is 0 Å². The molecule has 0 spiro atoms. The van der Waals surface area contributed by atoms with E-state index in [-0.39, 0.29) is 10.7 Å². The molecule has 100 valence electrons. The lowest BCUT2D eigenvalue weighted by Crippen LogP contribution is -2.41. The van der Waals surface area contributed by atoms with Gasteiger partial charge in [0.15, 0.2) is 16.6 Å². The Labute approximate surface area is 110 Å². The van der Waals surface area contributed by atoms with Crippen molar-refractivity contribution >= 4 is 17.3 Å². The van der Waals surface area contributed by atoms with E-state index < -0.39 is 0 Å². The van der Waals surface area contributed by atoms with Crippen LogP contribution in [0.25, 0.3) is 0 Å². The number of aryl methyl sites for hydroxylation is 1. The molecular formula is C11H16ClN3O3. The van der Waals surface area contributed by atoms with Gasteiger partial charge in [0.1, 0.15) is 0 Å². The monoisotopic (exact) mass is 273 g/mol. The Bertz CT molecular complexity index is 483. The minimum Gasteiger partial charge on any atom is -0.488 e. The van der Waals surface area contributed by atoms with Gasteiger partial charge in [-0.25, -0.2) is 4.68 Å². The van der Waals surface area contributed by atoms with Crippen molar-refractivity contribution in [2.45, 2.75) is 6.92 Å². The number of nitrogens with zero attached hydrogens (tertiary/aromatic N) is 3. The van der Waals surface area contributed by atoms with Crippen LogP contribution in [0.4, 0.5) is 5.69 Å². The molecule has 18 heavy (non-hydrogen) atoms. The Morgan fingerprint density at radius 3 is 2.72 bits per heavy atom. The molecule has 7 heteroatoms. The molecule has 0 amide bonds. The molecule has 0 bridgehead atoms. The third kappa shape index (κ3) is 2.44. The van der Waals surface area contributed by atoms with Crippen molar-refractivity contribution in [3.8, 4) is 5.75 Å². The molecule has 1 aromatic heterocycles. The zero-order valence-corrected chi connectivity index (χ0v) is 11.2. The van der Waals surface area contributed by atoms with Gasteiger partial charge >= 0.3 is 0 Å². The predicted molar refractivity (Wildman–Crippen MR) is 68.7 cm³/mol. The molecule has 2 rings (SSSR count). The number of rotatable bonds is 3. The van der Waals surface area contributed by atoms with E-state index in [1.165, 1.54) is 4.68 Å². The maximum atomic E-state index is 12.2. The minimum absolute atomic E-state index is 0.204. The van der Waals surface area contributed by atoms with E-state index in [1.54, 1.807) is 7.05 Å². The van der Waals surface area contributed by atoms with Gasteiger partial charge in [-0.05, 0) is 6.92 Å². The van der Waals surface area contributed by atoms with Crippen molar-refractivity contribution in [2.75, 3.05) is 37.8 Å². The van der Waals surface area contributed by atoms with Crippen LogP contribution in [0.1, 0.15) is 6.92 Å². The summed E-state index contributed by atoms with van der Waals surface area (Å²) in [5, 5.41) is 4.14. The summed E-state index contributed by atoms with van der Waals surface area (Å²) in [6.07, 6.45) is 0. The SMILES string of the molecule is CCOc1c(Cl)nn(C)c(=O)c1N1CCOCC1. The molecule has 1 saturated heterocycles. The number of hydrogen-bond acceptors (Lipinski definition) is 5. The van der Waals surface area contributed by atoms with Gasteiger partial charge < -0.3 is 14.4 Å². The average molecular weight is 274 g/mol. The molecule has 0 saturated carbocycles. The zero-order chi connectivity index (χ0) is 13.1. The smallest absolute Gasteiger partial charge is 0.293 e. The van der Waals surface area contributed by atoms with Gasteiger partial charge in [-0.1, -0.05) is 11.6 Å². The Hall–Kier alpha value is -1.27. The zero-order valence-electron chi connectivity index (χ0n) is 10.5. The second-order valence-electron chi connectivity index (χ2n) is 3.93. The van der Waals surface area contributed by atoms with Crippen molar-refractivity contribution < 1.29 is 9.47 Å². The fraction of sp³-hybridized carbons (Fsp3) is 0.636. The van der Waals surface area contributed by atoms with Crippen molar-refractivity contribution in [2.24, 2.45) is 7.05 Å². The van der Waals surface area contributed by atoms with Crippen molar-refractivity contribution in [1.82, 2.24) is 9.78 Å². The van der Waals surface area contributed by atoms with E-state index in [9.17, 15) is 4.79 Å². The van der Waals surface area contributed by atoms with Gasteiger partial charge in [0.2, 0.25) is 0 Å². The molecule has 1 fully saturated rings. The van der Waals surface area contributed by atoms with Gasteiger partial charge in [0, 0.05) is 20.1 Å². The number of hydrogen-bond donors (Lipinski definition) is 0. The largest absolute Gasteiger partial charge is 0.488 e. The second-order valence-corrected chi connectivity index (χ2v) is 4.29. The van der Waals surface area contributed by atoms with Gasteiger partial charge in [-0.3, -0.25) is 4.79 Å². The normalized spacial score (nSPS) is 15.8. The molecule has 1 aliphatic heterocycles. The third-order valence-corrected chi connectivity index (χ3v) is 3.00. The average Bonchev–Trinajstić information content (AvgIpc) is 2.37. The highest BCUT2D eigenvalue weighted by atomic mass is 35.5. The van der Waals surface area contributed by atoms with Crippen LogP contribution >= 0.6 is 11.6 Å². The maximum absolute atomic E-state index is 12.2. The summed E-state index contributed by atoms with van der Waals surface area (Å²) in [6, 6.07) is 0. The molecule has 1 aliphatic rings. The van der Waals surface area contributed by atoms with Crippen molar-refractivity contribution in [1.29, 1.82) is 0 Å². The highest BCUT2D eigenvalue weighted by molar-refractivity contribution is 6.31. The highest BCUT2D eigenvalue weighted by Crippen LogP contribution is 2.31. The van der Waals surface area contributed by atoms with Gasteiger partial charge in [0.25, 0.3) is 5.56 Å². The quantitative estimate of drug-likeness (QED) is 0.810. The van der Waals surface area contributed by atoms with E-state index in [1.807, 2.05) is 11.8 Å². The highest BCUT2D eigenvalue weighted by Gasteiger charge is 2.23. The Kier molecular flexibility index (Phi) is 4.08. The first kappa shape index (κ1) is 13.2. The molecular weight excluding hydrogens is 258 g/mol. The first-order valence-electron chi connectivity index (χ1n) is 5.87. The summed E-state index contributed by atoms with van der Waals surface area (Å²) in [6.45, 7) is 4.76. The molecule has 2 heterocycles. The van der Waals surface area contributed by atoms with Crippen LogP contribution in [0.15, 0.2) is 4.79 Å². The number of ether oxygens (including phenoxy) is 2. The molecule has 0 aliphatic carbocycles. The third-order valence-electron chi connectivity index (χ3n) is 2.75. The van der Waals surface area contributed by atoms with E-state index in [0.29, 0.717) is 44.3 Å². The van der Waals surface area contributed by atoms with E-state index in [4.69, 9.17) is 21.1 Å². The molecule has 0 atom stereocenters. The van der Waals surface area contributed by atoms with Crippen LogP contribution < -0.4 is 15.2 Å². The molecule has 6 nitrogen and oxygen atoms in total. The Balaban J connectivity index is 2.50.